The van der Waals surface area contributed by atoms with E-state index in [4.69, 9.17) is 5.11 Å². The predicted molar refractivity (Wildman–Crippen MR) is 132 cm³/mol. The minimum atomic E-state index is -0.191. The van der Waals surface area contributed by atoms with Gasteiger partial charge < -0.3 is 15.7 Å². The minimum Gasteiger partial charge on any atom is -0.392 e. The quantitative estimate of drug-likeness (QED) is 0.443. The molecule has 1 aliphatic carbocycles. The first-order valence-electron chi connectivity index (χ1n) is 11.6. The molecule has 1 fully saturated rings. The van der Waals surface area contributed by atoms with Gasteiger partial charge in [-0.1, -0.05) is 49.6 Å². The number of aliphatic hydroxyl groups is 1. The number of benzene rings is 3. The van der Waals surface area contributed by atoms with Crippen LogP contribution < -0.4 is 10.6 Å². The summed E-state index contributed by atoms with van der Waals surface area (Å²) in [6.07, 6.45) is 5.43. The Kier molecular flexibility index (Phi) is 7.20. The normalized spacial score (nSPS) is 14.0. The third kappa shape index (κ3) is 5.68. The van der Waals surface area contributed by atoms with Gasteiger partial charge in [-0.25, -0.2) is 0 Å². The minimum absolute atomic E-state index is 0.0272. The summed E-state index contributed by atoms with van der Waals surface area (Å²) in [5.41, 5.74) is 5.96. The topological polar surface area (TPSA) is 78.4 Å². The fraction of sp³-hybridized carbons (Fsp3) is 0.286. The summed E-state index contributed by atoms with van der Waals surface area (Å²) >= 11 is 0. The molecular formula is C28H30N2O3. The molecule has 0 aromatic heterocycles. The van der Waals surface area contributed by atoms with E-state index in [1.807, 2.05) is 37.3 Å². The first-order valence-corrected chi connectivity index (χ1v) is 11.6. The Morgan fingerprint density at radius 2 is 1.52 bits per heavy atom. The molecule has 5 nitrogen and oxygen atoms in total. The number of hydrogen-bond donors (Lipinski definition) is 3. The standard InChI is InChI=1S/C28H30N2O3/c1-19-7-14-25(30-27(32)22-5-3-2-4-6-22)17-26(19)21-10-12-23(13-11-21)28(33)29-24-15-8-20(18-31)9-16-24/h7-17,22,31H,2-6,18H2,1H3,(H,29,33)(H,30,32). The van der Waals surface area contributed by atoms with Crippen LogP contribution in [0.3, 0.4) is 0 Å². The predicted octanol–water partition coefficient (Wildman–Crippen LogP) is 5.93. The highest BCUT2D eigenvalue weighted by atomic mass is 16.3. The summed E-state index contributed by atoms with van der Waals surface area (Å²) < 4.78 is 0. The van der Waals surface area contributed by atoms with E-state index in [1.54, 1.807) is 36.4 Å². The smallest absolute Gasteiger partial charge is 0.255 e. The molecule has 1 saturated carbocycles. The molecule has 0 bridgehead atoms. The molecule has 0 saturated heterocycles. The second kappa shape index (κ2) is 10.5. The SMILES string of the molecule is Cc1ccc(NC(=O)C2CCCCC2)cc1-c1ccc(C(=O)Nc2ccc(CO)cc2)cc1. The average molecular weight is 443 g/mol. The molecular weight excluding hydrogens is 412 g/mol. The highest BCUT2D eigenvalue weighted by molar-refractivity contribution is 6.04. The number of carbonyl (C=O) groups is 2. The van der Waals surface area contributed by atoms with Gasteiger partial charge >= 0.3 is 0 Å². The molecule has 33 heavy (non-hydrogen) atoms. The Balaban J connectivity index is 1.45. The van der Waals surface area contributed by atoms with Crippen LogP contribution in [0.25, 0.3) is 11.1 Å². The Bertz CT molecular complexity index is 1110. The molecule has 0 heterocycles. The number of hydrogen-bond acceptors (Lipinski definition) is 3. The van der Waals surface area contributed by atoms with Crippen molar-refractivity contribution in [1.29, 1.82) is 0 Å². The van der Waals surface area contributed by atoms with Crippen LogP contribution in [0.2, 0.25) is 0 Å². The van der Waals surface area contributed by atoms with Crippen LogP contribution in [0.5, 0.6) is 0 Å². The molecule has 170 valence electrons. The third-order valence-electron chi connectivity index (χ3n) is 6.33. The Labute approximate surface area is 194 Å². The number of amides is 2. The lowest BCUT2D eigenvalue weighted by molar-refractivity contribution is -0.120. The molecule has 0 atom stereocenters. The molecule has 1 aliphatic rings. The van der Waals surface area contributed by atoms with Crippen LogP contribution in [0.4, 0.5) is 11.4 Å². The van der Waals surface area contributed by atoms with Crippen molar-refractivity contribution in [1.82, 2.24) is 0 Å². The van der Waals surface area contributed by atoms with Crippen molar-refractivity contribution in [2.45, 2.75) is 45.6 Å². The molecule has 0 aliphatic heterocycles. The van der Waals surface area contributed by atoms with E-state index >= 15 is 0 Å². The van der Waals surface area contributed by atoms with Crippen LogP contribution in [-0.4, -0.2) is 16.9 Å². The summed E-state index contributed by atoms with van der Waals surface area (Å²) in [4.78, 5) is 25.2. The van der Waals surface area contributed by atoms with Gasteiger partial charge in [-0.2, -0.15) is 0 Å². The zero-order valence-electron chi connectivity index (χ0n) is 18.9. The fourth-order valence-corrected chi connectivity index (χ4v) is 4.32. The van der Waals surface area contributed by atoms with E-state index in [2.05, 4.69) is 10.6 Å². The highest BCUT2D eigenvalue weighted by Gasteiger charge is 2.21. The van der Waals surface area contributed by atoms with Gasteiger partial charge in [0.05, 0.1) is 6.61 Å². The largest absolute Gasteiger partial charge is 0.392 e. The van der Waals surface area contributed by atoms with Gasteiger partial charge in [0.2, 0.25) is 5.91 Å². The second-order valence-corrected chi connectivity index (χ2v) is 8.74. The summed E-state index contributed by atoms with van der Waals surface area (Å²) in [7, 11) is 0. The molecule has 4 rings (SSSR count). The lowest BCUT2D eigenvalue weighted by atomic mass is 9.88. The third-order valence-corrected chi connectivity index (χ3v) is 6.33. The van der Waals surface area contributed by atoms with E-state index in [0.717, 1.165) is 53.6 Å². The van der Waals surface area contributed by atoms with E-state index in [0.29, 0.717) is 11.3 Å². The maximum absolute atomic E-state index is 12.6. The molecule has 3 aromatic carbocycles. The van der Waals surface area contributed by atoms with Crippen molar-refractivity contribution in [3.8, 4) is 11.1 Å². The van der Waals surface area contributed by atoms with E-state index in [1.165, 1.54) is 6.42 Å². The maximum Gasteiger partial charge on any atom is 0.255 e. The summed E-state index contributed by atoms with van der Waals surface area (Å²) in [5, 5.41) is 15.1. The number of aliphatic hydroxyl groups excluding tert-OH is 1. The molecule has 0 spiro atoms. The first-order chi connectivity index (χ1) is 16.0. The van der Waals surface area contributed by atoms with E-state index < -0.39 is 0 Å². The zero-order valence-corrected chi connectivity index (χ0v) is 18.9. The van der Waals surface area contributed by atoms with Crippen molar-refractivity contribution >= 4 is 23.2 Å². The van der Waals surface area contributed by atoms with Crippen LogP contribution >= 0.6 is 0 Å². The summed E-state index contributed by atoms with van der Waals surface area (Å²) in [5.74, 6) is 0.0354. The van der Waals surface area contributed by atoms with E-state index in [9.17, 15) is 9.59 Å². The number of rotatable bonds is 6. The maximum atomic E-state index is 12.6. The average Bonchev–Trinajstić information content (AvgIpc) is 2.86. The zero-order chi connectivity index (χ0) is 23.2. The van der Waals surface area contributed by atoms with Crippen molar-refractivity contribution in [3.05, 3.63) is 83.4 Å². The van der Waals surface area contributed by atoms with Gasteiger partial charge in [0.25, 0.3) is 5.91 Å². The van der Waals surface area contributed by atoms with Crippen LogP contribution in [0.1, 0.15) is 53.6 Å². The molecule has 3 N–H and O–H groups in total. The van der Waals surface area contributed by atoms with Crippen molar-refractivity contribution in [3.63, 3.8) is 0 Å². The van der Waals surface area contributed by atoms with Gasteiger partial charge in [-0.3, -0.25) is 9.59 Å². The molecule has 3 aromatic rings. The van der Waals surface area contributed by atoms with Crippen molar-refractivity contribution in [2.75, 3.05) is 10.6 Å². The van der Waals surface area contributed by atoms with Crippen LogP contribution in [-0.2, 0) is 11.4 Å². The molecule has 5 heteroatoms. The number of aryl methyl sites for hydroxylation is 1. The number of carbonyl (C=O) groups excluding carboxylic acids is 2. The van der Waals surface area contributed by atoms with Gasteiger partial charge in [-0.15, -0.1) is 0 Å². The van der Waals surface area contributed by atoms with Gasteiger partial charge in [0.1, 0.15) is 0 Å². The van der Waals surface area contributed by atoms with E-state index in [-0.39, 0.29) is 24.3 Å². The van der Waals surface area contributed by atoms with Crippen molar-refractivity contribution < 1.29 is 14.7 Å². The Morgan fingerprint density at radius 3 is 2.18 bits per heavy atom. The molecule has 0 radical (unpaired) electrons. The number of anilines is 2. The second-order valence-electron chi connectivity index (χ2n) is 8.74. The fourth-order valence-electron chi connectivity index (χ4n) is 4.32. The van der Waals surface area contributed by atoms with Gasteiger partial charge in [0, 0.05) is 22.9 Å². The lowest BCUT2D eigenvalue weighted by Gasteiger charge is -2.21. The Morgan fingerprint density at radius 1 is 0.848 bits per heavy atom. The van der Waals surface area contributed by atoms with Gasteiger partial charge in [0.15, 0.2) is 0 Å². The number of nitrogens with one attached hydrogen (secondary N) is 2. The van der Waals surface area contributed by atoms with Crippen LogP contribution in [0, 0.1) is 12.8 Å². The highest BCUT2D eigenvalue weighted by Crippen LogP contribution is 2.29. The molecule has 2 amide bonds. The van der Waals surface area contributed by atoms with Crippen LogP contribution in [0.15, 0.2) is 66.7 Å². The monoisotopic (exact) mass is 442 g/mol. The summed E-state index contributed by atoms with van der Waals surface area (Å²) in [6, 6.07) is 20.5. The van der Waals surface area contributed by atoms with Gasteiger partial charge in [-0.05, 0) is 78.4 Å². The first kappa shape index (κ1) is 22.7. The van der Waals surface area contributed by atoms with Crippen molar-refractivity contribution in [2.24, 2.45) is 5.92 Å². The Hall–Kier alpha value is -3.44. The molecule has 0 unspecified atom stereocenters. The summed E-state index contributed by atoms with van der Waals surface area (Å²) in [6.45, 7) is 2.01. The lowest BCUT2D eigenvalue weighted by Crippen LogP contribution is -2.24.